The van der Waals surface area contributed by atoms with Crippen molar-refractivity contribution in [3.05, 3.63) is 96.6 Å². The van der Waals surface area contributed by atoms with Gasteiger partial charge in [-0.3, -0.25) is 4.79 Å². The molecule has 0 aliphatic carbocycles. The van der Waals surface area contributed by atoms with Crippen LogP contribution in [0.2, 0.25) is 0 Å². The molecule has 28 heavy (non-hydrogen) atoms. The lowest BCUT2D eigenvalue weighted by molar-refractivity contribution is -0.139. The van der Waals surface area contributed by atoms with Gasteiger partial charge in [0.1, 0.15) is 18.1 Å². The number of ether oxygens (including phenoxy) is 3. The summed E-state index contributed by atoms with van der Waals surface area (Å²) in [4.78, 5) is 11.3. The largest absolute Gasteiger partial charge is 0.493 e. The van der Waals surface area contributed by atoms with Crippen LogP contribution in [0.5, 0.6) is 11.5 Å². The Kier molecular flexibility index (Phi) is 8.60. The fraction of sp³-hybridized carbons (Fsp3) is 0.208. The maximum atomic E-state index is 11.3. The van der Waals surface area contributed by atoms with Gasteiger partial charge in [0.15, 0.2) is 0 Å². The molecular formula is C24H26O4. The molecule has 0 N–H and O–H groups in total. The molecule has 0 unspecified atom stereocenters. The monoisotopic (exact) mass is 378 g/mol. The summed E-state index contributed by atoms with van der Waals surface area (Å²) in [7, 11) is 1.39. The highest BCUT2D eigenvalue weighted by molar-refractivity contribution is 5.72. The number of methoxy groups -OCH3 is 1. The summed E-state index contributed by atoms with van der Waals surface area (Å²) in [6.45, 7) is 8.46. The summed E-state index contributed by atoms with van der Waals surface area (Å²) in [6.07, 6.45) is 6.41. The van der Waals surface area contributed by atoms with Crippen molar-refractivity contribution in [1.82, 2.24) is 0 Å². The normalized spacial score (nSPS) is 10.8. The highest BCUT2D eigenvalue weighted by atomic mass is 16.5. The molecule has 0 aliphatic heterocycles. The molecule has 2 rings (SSSR count). The summed E-state index contributed by atoms with van der Waals surface area (Å²) in [5.41, 5.74) is 3.04. The fourth-order valence-corrected chi connectivity index (χ4v) is 2.47. The number of rotatable bonds is 11. The average molecular weight is 378 g/mol. The number of carbonyl (C=O) groups is 1. The predicted octanol–water partition coefficient (Wildman–Crippen LogP) is 4.70. The van der Waals surface area contributed by atoms with Crippen LogP contribution >= 0.6 is 0 Å². The van der Waals surface area contributed by atoms with E-state index in [4.69, 9.17) is 9.47 Å². The van der Waals surface area contributed by atoms with Gasteiger partial charge in [-0.1, -0.05) is 55.7 Å². The predicted molar refractivity (Wildman–Crippen MR) is 112 cm³/mol. The van der Waals surface area contributed by atoms with E-state index in [2.05, 4.69) is 17.9 Å². The minimum Gasteiger partial charge on any atom is -0.493 e. The summed E-state index contributed by atoms with van der Waals surface area (Å²) < 4.78 is 16.2. The third kappa shape index (κ3) is 7.16. The Hall–Kier alpha value is -3.27. The summed E-state index contributed by atoms with van der Waals surface area (Å²) >= 11 is 0. The van der Waals surface area contributed by atoms with E-state index in [1.807, 2.05) is 54.6 Å². The summed E-state index contributed by atoms with van der Waals surface area (Å²) in [5, 5.41) is 0. The second kappa shape index (κ2) is 11.4. The Bertz CT molecular complexity index is 802. The highest BCUT2D eigenvalue weighted by Crippen LogP contribution is 2.16. The van der Waals surface area contributed by atoms with Gasteiger partial charge in [0.2, 0.25) is 0 Å². The first kappa shape index (κ1) is 21.0. The molecule has 2 aromatic rings. The summed E-state index contributed by atoms with van der Waals surface area (Å²) in [5.74, 6) is 1.33. The van der Waals surface area contributed by atoms with Crippen molar-refractivity contribution in [1.29, 1.82) is 0 Å². The minimum atomic E-state index is -0.251. The molecular weight excluding hydrogens is 352 g/mol. The molecule has 0 atom stereocenters. The maximum absolute atomic E-state index is 11.3. The van der Waals surface area contributed by atoms with Gasteiger partial charge >= 0.3 is 5.97 Å². The van der Waals surface area contributed by atoms with Crippen LogP contribution in [0, 0.1) is 0 Å². The van der Waals surface area contributed by atoms with Gasteiger partial charge in [-0.05, 0) is 41.0 Å². The molecule has 4 nitrogen and oxygen atoms in total. The molecule has 0 spiro atoms. The zero-order chi connectivity index (χ0) is 20.2. The van der Waals surface area contributed by atoms with Crippen LogP contribution in [0.15, 0.2) is 85.5 Å². The standard InChI is InChI=1S/C24H26O4/c1-4-6-19(5-2)18-28-23-11-7-20(8-12-23)15-16-27-22-13-9-21(10-14-22)17-24(25)26-3/h4-14H,1-2,15-18H2,3H3/b19-6+. The zero-order valence-electron chi connectivity index (χ0n) is 16.2. The molecule has 0 saturated heterocycles. The third-order valence-corrected chi connectivity index (χ3v) is 4.08. The van der Waals surface area contributed by atoms with E-state index in [0.717, 1.165) is 29.1 Å². The molecule has 146 valence electrons. The fourth-order valence-electron chi connectivity index (χ4n) is 2.47. The third-order valence-electron chi connectivity index (χ3n) is 4.08. The van der Waals surface area contributed by atoms with Crippen LogP contribution in [-0.4, -0.2) is 26.3 Å². The van der Waals surface area contributed by atoms with Gasteiger partial charge in [-0.2, -0.15) is 0 Å². The number of carbonyl (C=O) groups excluding carboxylic acids is 1. The Balaban J connectivity index is 1.77. The number of hydrogen-bond donors (Lipinski definition) is 0. The van der Waals surface area contributed by atoms with Crippen molar-refractivity contribution in [3.8, 4) is 11.5 Å². The Morgan fingerprint density at radius 3 is 2.11 bits per heavy atom. The van der Waals surface area contributed by atoms with Gasteiger partial charge in [0, 0.05) is 6.42 Å². The van der Waals surface area contributed by atoms with E-state index < -0.39 is 0 Å². The highest BCUT2D eigenvalue weighted by Gasteiger charge is 2.03. The molecule has 0 aliphatic rings. The van der Waals surface area contributed by atoms with Gasteiger partial charge in [0.25, 0.3) is 0 Å². The number of esters is 1. The van der Waals surface area contributed by atoms with E-state index in [9.17, 15) is 4.79 Å². The number of hydrogen-bond acceptors (Lipinski definition) is 4. The van der Waals surface area contributed by atoms with Gasteiger partial charge in [-0.15, -0.1) is 0 Å². The van der Waals surface area contributed by atoms with Crippen LogP contribution in [0.1, 0.15) is 11.1 Å². The van der Waals surface area contributed by atoms with Gasteiger partial charge in [-0.25, -0.2) is 0 Å². The van der Waals surface area contributed by atoms with Gasteiger partial charge in [0.05, 0.1) is 20.1 Å². The van der Waals surface area contributed by atoms with Crippen LogP contribution < -0.4 is 9.47 Å². The van der Waals surface area contributed by atoms with Crippen molar-refractivity contribution in [2.75, 3.05) is 20.3 Å². The van der Waals surface area contributed by atoms with E-state index in [0.29, 0.717) is 13.2 Å². The average Bonchev–Trinajstić information content (AvgIpc) is 2.73. The van der Waals surface area contributed by atoms with Crippen LogP contribution in [0.3, 0.4) is 0 Å². The number of allylic oxidation sites excluding steroid dienone is 2. The molecule has 2 aromatic carbocycles. The molecule has 0 amide bonds. The van der Waals surface area contributed by atoms with E-state index in [-0.39, 0.29) is 12.4 Å². The van der Waals surface area contributed by atoms with Crippen molar-refractivity contribution in [3.63, 3.8) is 0 Å². The molecule has 4 heteroatoms. The molecule has 0 saturated carbocycles. The maximum Gasteiger partial charge on any atom is 0.309 e. The van der Waals surface area contributed by atoms with E-state index in [1.54, 1.807) is 12.2 Å². The SMILES string of the molecule is C=C/C=C(\C=C)COc1ccc(CCOc2ccc(CC(=O)OC)cc2)cc1. The van der Waals surface area contributed by atoms with Crippen LogP contribution in [0.25, 0.3) is 0 Å². The minimum absolute atomic E-state index is 0.251. The Morgan fingerprint density at radius 2 is 1.54 bits per heavy atom. The Labute approximate surface area is 166 Å². The molecule has 0 fully saturated rings. The van der Waals surface area contributed by atoms with E-state index in [1.165, 1.54) is 12.7 Å². The second-order valence-electron chi connectivity index (χ2n) is 6.11. The first-order valence-electron chi connectivity index (χ1n) is 9.09. The topological polar surface area (TPSA) is 44.8 Å². The van der Waals surface area contributed by atoms with Crippen molar-refractivity contribution in [2.45, 2.75) is 12.8 Å². The van der Waals surface area contributed by atoms with Crippen molar-refractivity contribution < 1.29 is 19.0 Å². The first-order chi connectivity index (χ1) is 13.6. The lowest BCUT2D eigenvalue weighted by Crippen LogP contribution is -2.05. The lowest BCUT2D eigenvalue weighted by Gasteiger charge is -2.09. The van der Waals surface area contributed by atoms with Crippen LogP contribution in [-0.2, 0) is 22.4 Å². The number of benzene rings is 2. The molecule has 0 bridgehead atoms. The first-order valence-corrected chi connectivity index (χ1v) is 9.09. The molecule has 0 aromatic heterocycles. The van der Waals surface area contributed by atoms with Crippen molar-refractivity contribution in [2.24, 2.45) is 0 Å². The van der Waals surface area contributed by atoms with E-state index >= 15 is 0 Å². The molecule has 0 radical (unpaired) electrons. The lowest BCUT2D eigenvalue weighted by atomic mass is 10.1. The zero-order valence-corrected chi connectivity index (χ0v) is 16.2. The van der Waals surface area contributed by atoms with Gasteiger partial charge < -0.3 is 14.2 Å². The van der Waals surface area contributed by atoms with Crippen LogP contribution in [0.4, 0.5) is 0 Å². The van der Waals surface area contributed by atoms with Crippen molar-refractivity contribution >= 4 is 5.97 Å². The molecule has 0 heterocycles. The smallest absolute Gasteiger partial charge is 0.309 e. The quantitative estimate of drug-likeness (QED) is 0.420. The summed E-state index contributed by atoms with van der Waals surface area (Å²) in [6, 6.07) is 15.4. The Morgan fingerprint density at radius 1 is 0.929 bits per heavy atom. The second-order valence-corrected chi connectivity index (χ2v) is 6.11.